The number of aromatic nitrogens is 2. The zero-order valence-corrected chi connectivity index (χ0v) is 9.36. The minimum atomic E-state index is -0.00253. The molecular formula is C10H7IN2O. The molecule has 0 saturated heterocycles. The summed E-state index contributed by atoms with van der Waals surface area (Å²) in [5, 5.41) is 6.37. The molecule has 0 fully saturated rings. The van der Waals surface area contributed by atoms with Gasteiger partial charge in [0.05, 0.1) is 11.8 Å². The molecule has 2 aromatic rings. The number of hydrogen-bond donors (Lipinski definition) is 1. The summed E-state index contributed by atoms with van der Waals surface area (Å²) in [5.41, 5.74) is 1.28. The zero-order valence-electron chi connectivity index (χ0n) is 7.20. The number of carbonyl (C=O) groups is 1. The van der Waals surface area contributed by atoms with Gasteiger partial charge in [0.1, 0.15) is 0 Å². The van der Waals surface area contributed by atoms with Crippen LogP contribution in [0.2, 0.25) is 0 Å². The largest absolute Gasteiger partial charge is 0.288 e. The fraction of sp³-hybridized carbons (Fsp3) is 0. The molecule has 70 valence electrons. The van der Waals surface area contributed by atoms with E-state index in [0.717, 1.165) is 3.57 Å². The van der Waals surface area contributed by atoms with E-state index in [1.165, 1.54) is 6.20 Å². The topological polar surface area (TPSA) is 45.8 Å². The third kappa shape index (κ3) is 1.84. The summed E-state index contributed by atoms with van der Waals surface area (Å²) in [5.74, 6) is -0.00253. The highest BCUT2D eigenvalue weighted by molar-refractivity contribution is 14.1. The summed E-state index contributed by atoms with van der Waals surface area (Å²) in [6, 6.07) is 7.48. The maximum atomic E-state index is 11.8. The van der Waals surface area contributed by atoms with E-state index < -0.39 is 0 Å². The summed E-state index contributed by atoms with van der Waals surface area (Å²) in [6.07, 6.45) is 3.13. The second kappa shape index (κ2) is 3.91. The van der Waals surface area contributed by atoms with Crippen LogP contribution < -0.4 is 0 Å². The summed E-state index contributed by atoms with van der Waals surface area (Å²) in [7, 11) is 0. The normalized spacial score (nSPS) is 10.1. The van der Waals surface area contributed by atoms with Gasteiger partial charge in [-0.2, -0.15) is 5.10 Å². The van der Waals surface area contributed by atoms with E-state index in [-0.39, 0.29) is 5.78 Å². The number of benzene rings is 1. The zero-order chi connectivity index (χ0) is 9.97. The lowest BCUT2D eigenvalue weighted by molar-refractivity contribution is 0.103. The third-order valence-electron chi connectivity index (χ3n) is 1.85. The van der Waals surface area contributed by atoms with Gasteiger partial charge in [-0.1, -0.05) is 12.1 Å². The van der Waals surface area contributed by atoms with E-state index in [1.807, 2.05) is 18.2 Å². The molecule has 0 aliphatic heterocycles. The number of carbonyl (C=O) groups excluding carboxylic acids is 1. The van der Waals surface area contributed by atoms with Crippen molar-refractivity contribution in [3.8, 4) is 0 Å². The molecule has 0 atom stereocenters. The van der Waals surface area contributed by atoms with Gasteiger partial charge < -0.3 is 0 Å². The highest BCUT2D eigenvalue weighted by Gasteiger charge is 2.09. The molecule has 0 saturated carbocycles. The Bertz CT molecular complexity index is 451. The summed E-state index contributed by atoms with van der Waals surface area (Å²) < 4.78 is 1.05. The van der Waals surface area contributed by atoms with E-state index >= 15 is 0 Å². The van der Waals surface area contributed by atoms with Crippen LogP contribution in [0.15, 0.2) is 36.7 Å². The van der Waals surface area contributed by atoms with E-state index in [2.05, 4.69) is 32.8 Å². The molecule has 0 amide bonds. The van der Waals surface area contributed by atoms with Crippen molar-refractivity contribution in [1.82, 2.24) is 10.2 Å². The first-order chi connectivity index (χ1) is 6.77. The predicted octanol–water partition coefficient (Wildman–Crippen LogP) is 2.25. The van der Waals surface area contributed by atoms with Gasteiger partial charge in [0.25, 0.3) is 0 Å². The van der Waals surface area contributed by atoms with Gasteiger partial charge in [-0.25, -0.2) is 0 Å². The molecule has 0 bridgehead atoms. The average Bonchev–Trinajstić information content (AvgIpc) is 2.69. The first-order valence-corrected chi connectivity index (χ1v) is 5.14. The van der Waals surface area contributed by atoms with Crippen molar-refractivity contribution >= 4 is 28.4 Å². The molecule has 3 nitrogen and oxygen atoms in total. The Morgan fingerprint density at radius 1 is 1.36 bits per heavy atom. The monoisotopic (exact) mass is 298 g/mol. The van der Waals surface area contributed by atoms with Crippen LogP contribution in [0, 0.1) is 3.57 Å². The SMILES string of the molecule is O=C(c1cn[nH]c1)c1cccc(I)c1. The highest BCUT2D eigenvalue weighted by Crippen LogP contribution is 2.11. The van der Waals surface area contributed by atoms with E-state index in [0.29, 0.717) is 11.1 Å². The van der Waals surface area contributed by atoms with Crippen LogP contribution >= 0.6 is 22.6 Å². The second-order valence-electron chi connectivity index (χ2n) is 2.83. The summed E-state index contributed by atoms with van der Waals surface area (Å²) in [6.45, 7) is 0. The van der Waals surface area contributed by atoms with E-state index in [1.54, 1.807) is 12.3 Å². The molecule has 14 heavy (non-hydrogen) atoms. The maximum Gasteiger partial charge on any atom is 0.196 e. The predicted molar refractivity (Wildman–Crippen MR) is 61.2 cm³/mol. The van der Waals surface area contributed by atoms with Crippen molar-refractivity contribution < 1.29 is 4.79 Å². The number of nitrogens with zero attached hydrogens (tertiary/aromatic N) is 1. The van der Waals surface area contributed by atoms with Crippen molar-refractivity contribution in [2.24, 2.45) is 0 Å². The Morgan fingerprint density at radius 2 is 2.21 bits per heavy atom. The van der Waals surface area contributed by atoms with Crippen LogP contribution in [0.5, 0.6) is 0 Å². The van der Waals surface area contributed by atoms with Gasteiger partial charge in [-0.05, 0) is 34.7 Å². The third-order valence-corrected chi connectivity index (χ3v) is 2.52. The fourth-order valence-electron chi connectivity index (χ4n) is 1.17. The first-order valence-electron chi connectivity index (χ1n) is 4.06. The average molecular weight is 298 g/mol. The second-order valence-corrected chi connectivity index (χ2v) is 4.07. The van der Waals surface area contributed by atoms with Crippen LogP contribution in [0.3, 0.4) is 0 Å². The lowest BCUT2D eigenvalue weighted by Crippen LogP contribution is -1.99. The number of hydrogen-bond acceptors (Lipinski definition) is 2. The number of aromatic amines is 1. The lowest BCUT2D eigenvalue weighted by atomic mass is 10.1. The van der Waals surface area contributed by atoms with Gasteiger partial charge in [0.2, 0.25) is 0 Å². The molecular weight excluding hydrogens is 291 g/mol. The Balaban J connectivity index is 2.37. The molecule has 1 aromatic heterocycles. The van der Waals surface area contributed by atoms with Crippen LogP contribution in [-0.4, -0.2) is 16.0 Å². The lowest BCUT2D eigenvalue weighted by Gasteiger charge is -1.97. The minimum Gasteiger partial charge on any atom is -0.288 e. The Hall–Kier alpha value is -1.17. The first kappa shape index (κ1) is 9.39. The van der Waals surface area contributed by atoms with Gasteiger partial charge >= 0.3 is 0 Å². The molecule has 1 aromatic carbocycles. The van der Waals surface area contributed by atoms with Crippen molar-refractivity contribution in [2.75, 3.05) is 0 Å². The number of H-pyrrole nitrogens is 1. The van der Waals surface area contributed by atoms with Gasteiger partial charge in [-0.3, -0.25) is 9.89 Å². The number of ketones is 1. The molecule has 0 radical (unpaired) electrons. The molecule has 0 aliphatic carbocycles. The summed E-state index contributed by atoms with van der Waals surface area (Å²) >= 11 is 2.18. The molecule has 1 N–H and O–H groups in total. The van der Waals surface area contributed by atoms with Crippen molar-refractivity contribution in [3.63, 3.8) is 0 Å². The van der Waals surface area contributed by atoms with Crippen LogP contribution in [0.4, 0.5) is 0 Å². The molecule has 0 aliphatic rings. The van der Waals surface area contributed by atoms with Crippen LogP contribution in [0.25, 0.3) is 0 Å². The highest BCUT2D eigenvalue weighted by atomic mass is 127. The van der Waals surface area contributed by atoms with Gasteiger partial charge in [-0.15, -0.1) is 0 Å². The van der Waals surface area contributed by atoms with Gasteiger partial charge in [0.15, 0.2) is 5.78 Å². The quantitative estimate of drug-likeness (QED) is 0.683. The number of nitrogens with one attached hydrogen (secondary N) is 1. The maximum absolute atomic E-state index is 11.8. The molecule has 4 heteroatoms. The van der Waals surface area contributed by atoms with Crippen molar-refractivity contribution in [1.29, 1.82) is 0 Å². The van der Waals surface area contributed by atoms with Crippen LogP contribution in [-0.2, 0) is 0 Å². The number of rotatable bonds is 2. The summed E-state index contributed by atoms with van der Waals surface area (Å²) in [4.78, 5) is 11.8. The molecule has 0 unspecified atom stereocenters. The molecule has 0 spiro atoms. The van der Waals surface area contributed by atoms with Crippen LogP contribution in [0.1, 0.15) is 15.9 Å². The molecule has 1 heterocycles. The Morgan fingerprint density at radius 3 is 2.86 bits per heavy atom. The fourth-order valence-corrected chi connectivity index (χ4v) is 1.71. The smallest absolute Gasteiger partial charge is 0.196 e. The Labute approximate surface area is 94.7 Å². The minimum absolute atomic E-state index is 0.00253. The van der Waals surface area contributed by atoms with Gasteiger partial charge in [0, 0.05) is 15.3 Å². The standard InChI is InChI=1S/C10H7IN2O/c11-9-3-1-2-7(4-9)10(14)8-5-12-13-6-8/h1-6H,(H,12,13). The van der Waals surface area contributed by atoms with E-state index in [9.17, 15) is 4.79 Å². The Kier molecular flexibility index (Phi) is 2.62. The van der Waals surface area contributed by atoms with Crippen molar-refractivity contribution in [2.45, 2.75) is 0 Å². The molecule has 2 rings (SSSR count). The van der Waals surface area contributed by atoms with E-state index in [4.69, 9.17) is 0 Å². The number of halogens is 1. The van der Waals surface area contributed by atoms with Crippen molar-refractivity contribution in [3.05, 3.63) is 51.4 Å².